The summed E-state index contributed by atoms with van der Waals surface area (Å²) in [7, 11) is 10.3. The normalized spacial score (nSPS) is 11.3. The predicted molar refractivity (Wildman–Crippen MR) is 478 cm³/mol. The molecule has 6 heterocycles. The minimum absolute atomic E-state index is 1.01. The van der Waals surface area contributed by atoms with Crippen molar-refractivity contribution < 1.29 is 22.8 Å². The lowest BCUT2D eigenvalue weighted by atomic mass is 9.92. The predicted octanol–water partition coefficient (Wildman–Crippen LogP) is 22.1. The molecule has 15 aromatic carbocycles. The number of hydrogen-bond donors (Lipinski definition) is 0. The molecule has 6 aromatic heterocycles. The maximum atomic E-state index is 4.64. The molecule has 0 radical (unpaired) electrons. The highest BCUT2D eigenvalue weighted by Crippen LogP contribution is 2.41. The van der Waals surface area contributed by atoms with Crippen LogP contribution in [-0.4, -0.2) is 29.9 Å². The Labute approximate surface area is 675 Å². The van der Waals surface area contributed by atoms with Gasteiger partial charge in [-0.05, 0) is 177 Å². The molecule has 0 saturated heterocycles. The van der Waals surface area contributed by atoms with E-state index in [-0.39, 0.29) is 0 Å². The molecule has 21 rings (SSSR count). The van der Waals surface area contributed by atoms with Gasteiger partial charge in [-0.1, -0.05) is 252 Å². The smallest absolute Gasteiger partial charge is 0.256 e. The highest BCUT2D eigenvalue weighted by atomic mass is 15.0. The molecule has 0 amide bonds. The third-order valence-electron chi connectivity index (χ3n) is 23.1. The largest absolute Gasteiger partial charge is 0.295 e. The quantitative estimate of drug-likeness (QED) is 0.126. The van der Waals surface area contributed by atoms with Gasteiger partial charge in [0.1, 0.15) is 42.2 Å². The number of aryl methyl sites for hydroxylation is 11. The first-order valence-corrected chi connectivity index (χ1v) is 39.5. The summed E-state index contributed by atoms with van der Waals surface area (Å²) in [6, 6.07) is 97.3. The second kappa shape index (κ2) is 31.7. The van der Waals surface area contributed by atoms with Gasteiger partial charge in [-0.3, -0.25) is 9.97 Å². The number of benzene rings is 15. The van der Waals surface area contributed by atoms with Gasteiger partial charge in [-0.25, -0.2) is 18.3 Å². The molecule has 0 aliphatic rings. The summed E-state index contributed by atoms with van der Waals surface area (Å²) in [5.41, 5.74) is 21.7. The van der Waals surface area contributed by atoms with E-state index in [1.54, 1.807) is 0 Å². The Morgan fingerprint density at radius 3 is 1.12 bits per heavy atom. The molecule has 11 heteroatoms. The molecular formula is C105H90N11+5. The SMILES string of the molecule is Cc1cc(-c2c(C)ccc3c2ccc2ccccc23)[n+](C)cn1.Cc1ccc2c(ccc3ccccc32)c1-c1c2ccccc2nc[n+]1C.Cc1ccc2c(ccc3ccccc32)c1-c1ccnc(C)[n+]1C.Cc1ccc2c(ccc3ccccc32)c1-c1cncc[n+]1C.Cc1ccc2c(cnc3ccccc32)c1-c1ccnc[n+]1C. The molecule has 0 aliphatic heterocycles. The maximum Gasteiger partial charge on any atom is 0.295 e. The van der Waals surface area contributed by atoms with Crippen molar-refractivity contribution >= 4 is 119 Å². The van der Waals surface area contributed by atoms with Crippen LogP contribution in [0.25, 0.3) is 175 Å². The van der Waals surface area contributed by atoms with Crippen molar-refractivity contribution in [3.8, 4) is 56.3 Å². The molecule has 0 bridgehead atoms. The van der Waals surface area contributed by atoms with E-state index in [0.717, 1.165) is 33.9 Å². The molecule has 0 fully saturated rings. The average molecular weight is 1510 g/mol. The highest BCUT2D eigenvalue weighted by molar-refractivity contribution is 6.17. The number of hydrogen-bond acceptors (Lipinski definition) is 6. The van der Waals surface area contributed by atoms with Crippen molar-refractivity contribution in [1.82, 2.24) is 29.9 Å². The van der Waals surface area contributed by atoms with E-state index in [1.165, 1.54) is 180 Å². The van der Waals surface area contributed by atoms with Crippen molar-refractivity contribution in [1.29, 1.82) is 0 Å². The van der Waals surface area contributed by atoms with Crippen LogP contribution >= 0.6 is 0 Å². The third kappa shape index (κ3) is 14.0. The minimum Gasteiger partial charge on any atom is -0.256 e. The fourth-order valence-corrected chi connectivity index (χ4v) is 17.0. The van der Waals surface area contributed by atoms with E-state index < -0.39 is 0 Å². The molecule has 11 nitrogen and oxygen atoms in total. The average Bonchev–Trinajstić information content (AvgIpc) is 0.698. The van der Waals surface area contributed by atoms with Crippen LogP contribution in [0.15, 0.2) is 329 Å². The third-order valence-corrected chi connectivity index (χ3v) is 23.1. The first-order chi connectivity index (χ1) is 56.6. The fourth-order valence-electron chi connectivity index (χ4n) is 17.0. The zero-order chi connectivity index (χ0) is 79.8. The number of nitrogens with zero attached hydrogens (tertiary/aromatic N) is 11. The van der Waals surface area contributed by atoms with Crippen LogP contribution in [0.2, 0.25) is 0 Å². The van der Waals surface area contributed by atoms with Crippen LogP contribution < -0.4 is 22.8 Å². The van der Waals surface area contributed by atoms with Gasteiger partial charge in [0, 0.05) is 71.3 Å². The van der Waals surface area contributed by atoms with Crippen LogP contribution in [0.4, 0.5) is 0 Å². The van der Waals surface area contributed by atoms with E-state index >= 15 is 0 Å². The fraction of sp³-hybridized carbons (Fsp3) is 0.114. The molecule has 0 aliphatic carbocycles. The van der Waals surface area contributed by atoms with Crippen molar-refractivity contribution in [2.24, 2.45) is 35.2 Å². The molecule has 116 heavy (non-hydrogen) atoms. The molecular weight excluding hydrogens is 1420 g/mol. The van der Waals surface area contributed by atoms with Crippen molar-refractivity contribution in [3.05, 3.63) is 368 Å². The summed E-state index contributed by atoms with van der Waals surface area (Å²) in [6.07, 6.45) is 17.1. The Morgan fingerprint density at radius 2 is 0.621 bits per heavy atom. The minimum atomic E-state index is 1.01. The molecule has 0 unspecified atom stereocenters. The van der Waals surface area contributed by atoms with Gasteiger partial charge in [0.2, 0.25) is 5.69 Å². The van der Waals surface area contributed by atoms with Gasteiger partial charge in [-0.15, -0.1) is 0 Å². The van der Waals surface area contributed by atoms with E-state index in [4.69, 9.17) is 0 Å². The Kier molecular flexibility index (Phi) is 20.3. The van der Waals surface area contributed by atoms with Gasteiger partial charge in [0.25, 0.3) is 24.8 Å². The van der Waals surface area contributed by atoms with E-state index in [2.05, 4.69) is 376 Å². The Balaban J connectivity index is 0.000000104. The molecule has 21 aromatic rings. The van der Waals surface area contributed by atoms with Gasteiger partial charge in [0.15, 0.2) is 17.4 Å². The van der Waals surface area contributed by atoms with E-state index in [9.17, 15) is 0 Å². The van der Waals surface area contributed by atoms with Crippen LogP contribution in [-0.2, 0) is 35.2 Å². The van der Waals surface area contributed by atoms with Gasteiger partial charge >= 0.3 is 0 Å². The molecule has 0 N–H and O–H groups in total. The van der Waals surface area contributed by atoms with Gasteiger partial charge in [-0.2, -0.15) is 4.57 Å². The summed E-state index contributed by atoms with van der Waals surface area (Å²) in [5, 5.41) is 25.5. The number of para-hydroxylation sites is 2. The summed E-state index contributed by atoms with van der Waals surface area (Å²) < 4.78 is 10.6. The number of pyridine rings is 1. The molecule has 560 valence electrons. The molecule has 0 atom stereocenters. The lowest BCUT2D eigenvalue weighted by molar-refractivity contribution is -0.670. The Bertz CT molecular complexity index is 7170. The maximum absolute atomic E-state index is 4.64. The lowest BCUT2D eigenvalue weighted by Gasteiger charge is -2.13. The standard InChI is InChI=1S/C24H19N2.2C21H19N2.C20H17N2.C19H16N3/c1-16-11-13-19-18-8-4-3-7-17(18)12-14-20(19)23(16)24-21-9-5-6-10-22(21)25-15-26(24)2;1-14-8-10-18-17-7-5-4-6-16(17)9-11-19(18)21(14)20-12-15(2)22-13-23(20)3;1-14-8-10-18-17-7-5-4-6-16(17)9-11-19(18)21(14)20-12-13-22-15(2)23(20)3;1-14-7-9-17-16-6-4-3-5-15(16)8-10-18(17)20(14)19-13-21-11-12-22(19)2;1-13-7-8-14-15-5-3-4-6-17(15)21-11-16(14)19(13)18-9-10-20-12-22(18)2/h3-15H,1-2H3;2*4-13H,1-3H3;3-13H,1-2H3;3-12H,1-2H3/q5*+1. The second-order valence-electron chi connectivity index (χ2n) is 30.4. The summed E-state index contributed by atoms with van der Waals surface area (Å²) in [6.45, 7) is 14.9. The number of aromatic nitrogens is 11. The monoisotopic (exact) mass is 1500 g/mol. The molecule has 0 saturated carbocycles. The van der Waals surface area contributed by atoms with Crippen molar-refractivity contribution in [2.75, 3.05) is 0 Å². The first kappa shape index (κ1) is 74.5. The van der Waals surface area contributed by atoms with Crippen LogP contribution in [0.5, 0.6) is 0 Å². The van der Waals surface area contributed by atoms with E-state index in [0.29, 0.717) is 0 Å². The highest BCUT2D eigenvalue weighted by Gasteiger charge is 2.24. The van der Waals surface area contributed by atoms with Gasteiger partial charge < -0.3 is 0 Å². The van der Waals surface area contributed by atoms with Crippen LogP contribution in [0.1, 0.15) is 39.3 Å². The number of rotatable bonds is 5. The van der Waals surface area contributed by atoms with E-state index in [1.807, 2.05) is 89.2 Å². The van der Waals surface area contributed by atoms with Crippen molar-refractivity contribution in [3.63, 3.8) is 0 Å². The summed E-state index contributed by atoms with van der Waals surface area (Å²) in [4.78, 5) is 26.5. The zero-order valence-electron chi connectivity index (χ0n) is 67.6. The van der Waals surface area contributed by atoms with Crippen LogP contribution in [0.3, 0.4) is 0 Å². The summed E-state index contributed by atoms with van der Waals surface area (Å²) >= 11 is 0. The second-order valence-corrected chi connectivity index (χ2v) is 30.4. The van der Waals surface area contributed by atoms with Crippen molar-refractivity contribution in [2.45, 2.75) is 48.5 Å². The summed E-state index contributed by atoms with van der Waals surface area (Å²) in [5.74, 6) is 1.01. The lowest BCUT2D eigenvalue weighted by Crippen LogP contribution is -2.35. The Morgan fingerprint density at radius 1 is 0.233 bits per heavy atom. The van der Waals surface area contributed by atoms with Crippen LogP contribution in [0, 0.1) is 48.5 Å². The first-order valence-electron chi connectivity index (χ1n) is 39.5. The molecule has 0 spiro atoms. The van der Waals surface area contributed by atoms with Gasteiger partial charge in [0.05, 0.1) is 57.1 Å². The Hall–Kier alpha value is -14.3. The topological polar surface area (TPSA) is 96.7 Å². The zero-order valence-corrected chi connectivity index (χ0v) is 67.6. The number of fused-ring (bicyclic) bond motifs is 16.